The van der Waals surface area contributed by atoms with Crippen LogP contribution in [0.25, 0.3) is 0 Å². The van der Waals surface area contributed by atoms with Gasteiger partial charge in [0.2, 0.25) is 0 Å². The Labute approximate surface area is 75.6 Å². The summed E-state index contributed by atoms with van der Waals surface area (Å²) in [5, 5.41) is 17.4. The van der Waals surface area contributed by atoms with Gasteiger partial charge in [0.05, 0.1) is 0 Å². The average Bonchev–Trinajstić information content (AvgIpc) is 2.10. The van der Waals surface area contributed by atoms with Gasteiger partial charge in [-0.3, -0.25) is 0 Å². The Kier molecular flexibility index (Phi) is 8.95. The second-order valence-corrected chi connectivity index (χ2v) is 3.39. The Balaban J connectivity index is 3.40. The molecule has 0 aliphatic heterocycles. The van der Waals surface area contributed by atoms with E-state index < -0.39 is 0 Å². The van der Waals surface area contributed by atoms with Crippen molar-refractivity contribution in [3.63, 3.8) is 0 Å². The summed E-state index contributed by atoms with van der Waals surface area (Å²) in [6.07, 6.45) is 6.53. The van der Waals surface area contributed by atoms with E-state index in [4.69, 9.17) is 10.2 Å². The van der Waals surface area contributed by atoms with Gasteiger partial charge in [-0.2, -0.15) is 0 Å². The third-order valence-electron chi connectivity index (χ3n) is 2.27. The van der Waals surface area contributed by atoms with Gasteiger partial charge in [0.25, 0.3) is 0 Å². The second-order valence-electron chi connectivity index (χ2n) is 3.39. The minimum atomic E-state index is 0.286. The van der Waals surface area contributed by atoms with Crippen molar-refractivity contribution in [2.24, 2.45) is 5.92 Å². The molecule has 1 atom stereocenters. The SMILES string of the molecule is CCCCC(CCO)CCCO. The van der Waals surface area contributed by atoms with E-state index in [1.165, 1.54) is 19.3 Å². The van der Waals surface area contributed by atoms with E-state index in [0.29, 0.717) is 12.5 Å². The molecule has 0 amide bonds. The van der Waals surface area contributed by atoms with Crippen molar-refractivity contribution in [3.05, 3.63) is 0 Å². The number of unbranched alkanes of at least 4 members (excludes halogenated alkanes) is 1. The highest BCUT2D eigenvalue weighted by molar-refractivity contribution is 4.58. The molecule has 2 heteroatoms. The summed E-state index contributed by atoms with van der Waals surface area (Å²) < 4.78 is 0. The fourth-order valence-corrected chi connectivity index (χ4v) is 1.49. The van der Waals surface area contributed by atoms with Gasteiger partial charge in [0.1, 0.15) is 0 Å². The number of hydrogen-bond acceptors (Lipinski definition) is 2. The largest absolute Gasteiger partial charge is 0.396 e. The molecule has 0 spiro atoms. The first kappa shape index (κ1) is 11.9. The lowest BCUT2D eigenvalue weighted by molar-refractivity contribution is 0.225. The first-order valence-electron chi connectivity index (χ1n) is 5.06. The second kappa shape index (κ2) is 9.01. The van der Waals surface area contributed by atoms with Crippen molar-refractivity contribution in [3.8, 4) is 0 Å². The quantitative estimate of drug-likeness (QED) is 0.590. The van der Waals surface area contributed by atoms with Crippen molar-refractivity contribution in [2.45, 2.75) is 45.4 Å². The lowest BCUT2D eigenvalue weighted by Crippen LogP contribution is -2.04. The van der Waals surface area contributed by atoms with E-state index in [-0.39, 0.29) is 6.61 Å². The number of aliphatic hydroxyl groups is 2. The van der Waals surface area contributed by atoms with Crippen LogP contribution in [0.5, 0.6) is 0 Å². The standard InChI is InChI=1S/C10H22O2/c1-2-3-5-10(7-9-12)6-4-8-11/h10-12H,2-9H2,1H3. The molecule has 0 aromatic rings. The van der Waals surface area contributed by atoms with Crippen LogP contribution in [-0.4, -0.2) is 23.4 Å². The zero-order valence-electron chi connectivity index (χ0n) is 8.13. The monoisotopic (exact) mass is 174 g/mol. The van der Waals surface area contributed by atoms with E-state index in [1.54, 1.807) is 0 Å². The molecule has 2 nitrogen and oxygen atoms in total. The lowest BCUT2D eigenvalue weighted by Gasteiger charge is -2.13. The molecule has 0 aliphatic carbocycles. The smallest absolute Gasteiger partial charge is 0.0433 e. The molecule has 0 fully saturated rings. The first-order valence-corrected chi connectivity index (χ1v) is 5.06. The van der Waals surface area contributed by atoms with Gasteiger partial charge in [-0.15, -0.1) is 0 Å². The van der Waals surface area contributed by atoms with E-state index in [1.807, 2.05) is 0 Å². The highest BCUT2D eigenvalue weighted by atomic mass is 16.3. The molecule has 0 heterocycles. The van der Waals surface area contributed by atoms with Crippen LogP contribution in [0.2, 0.25) is 0 Å². The zero-order valence-corrected chi connectivity index (χ0v) is 8.13. The van der Waals surface area contributed by atoms with Crippen LogP contribution in [0, 0.1) is 5.92 Å². The third kappa shape index (κ3) is 6.62. The number of hydrogen-bond donors (Lipinski definition) is 2. The fourth-order valence-electron chi connectivity index (χ4n) is 1.49. The van der Waals surface area contributed by atoms with Crippen LogP contribution >= 0.6 is 0 Å². The predicted molar refractivity (Wildman–Crippen MR) is 51.0 cm³/mol. The average molecular weight is 174 g/mol. The summed E-state index contributed by atoms with van der Waals surface area (Å²) in [5.41, 5.74) is 0. The van der Waals surface area contributed by atoms with Crippen LogP contribution in [0.15, 0.2) is 0 Å². The lowest BCUT2D eigenvalue weighted by atomic mass is 9.94. The molecule has 0 aromatic heterocycles. The summed E-state index contributed by atoms with van der Waals surface area (Å²) in [6, 6.07) is 0. The predicted octanol–water partition coefficient (Wildman–Crippen LogP) is 1.95. The van der Waals surface area contributed by atoms with Gasteiger partial charge >= 0.3 is 0 Å². The zero-order chi connectivity index (χ0) is 9.23. The highest BCUT2D eigenvalue weighted by Gasteiger charge is 2.06. The van der Waals surface area contributed by atoms with Crippen molar-refractivity contribution in [2.75, 3.05) is 13.2 Å². The van der Waals surface area contributed by atoms with Crippen LogP contribution in [-0.2, 0) is 0 Å². The number of rotatable bonds is 8. The Morgan fingerprint density at radius 2 is 1.58 bits per heavy atom. The summed E-state index contributed by atoms with van der Waals surface area (Å²) in [6.45, 7) is 2.76. The first-order chi connectivity index (χ1) is 5.85. The van der Waals surface area contributed by atoms with Crippen molar-refractivity contribution in [1.82, 2.24) is 0 Å². The molecular weight excluding hydrogens is 152 g/mol. The maximum Gasteiger partial charge on any atom is 0.0433 e. The summed E-state index contributed by atoms with van der Waals surface area (Å²) in [7, 11) is 0. The Hall–Kier alpha value is -0.0800. The minimum absolute atomic E-state index is 0.286. The molecule has 0 radical (unpaired) electrons. The molecule has 12 heavy (non-hydrogen) atoms. The molecule has 2 N–H and O–H groups in total. The van der Waals surface area contributed by atoms with Crippen molar-refractivity contribution >= 4 is 0 Å². The topological polar surface area (TPSA) is 40.5 Å². The van der Waals surface area contributed by atoms with E-state index in [9.17, 15) is 0 Å². The van der Waals surface area contributed by atoms with Gasteiger partial charge < -0.3 is 10.2 Å². The summed E-state index contributed by atoms with van der Waals surface area (Å²) >= 11 is 0. The molecule has 74 valence electrons. The normalized spacial score (nSPS) is 13.2. The number of aliphatic hydroxyl groups excluding tert-OH is 2. The summed E-state index contributed by atoms with van der Waals surface area (Å²) in [4.78, 5) is 0. The van der Waals surface area contributed by atoms with E-state index in [0.717, 1.165) is 19.3 Å². The highest BCUT2D eigenvalue weighted by Crippen LogP contribution is 2.17. The molecule has 0 aromatic carbocycles. The fraction of sp³-hybridized carbons (Fsp3) is 1.00. The van der Waals surface area contributed by atoms with Gasteiger partial charge in [-0.05, 0) is 25.2 Å². The Morgan fingerprint density at radius 3 is 2.08 bits per heavy atom. The third-order valence-corrected chi connectivity index (χ3v) is 2.27. The maximum atomic E-state index is 8.77. The van der Waals surface area contributed by atoms with Crippen molar-refractivity contribution < 1.29 is 10.2 Å². The van der Waals surface area contributed by atoms with Crippen LogP contribution in [0.1, 0.15) is 45.4 Å². The van der Waals surface area contributed by atoms with E-state index >= 15 is 0 Å². The van der Waals surface area contributed by atoms with Crippen LogP contribution < -0.4 is 0 Å². The maximum absolute atomic E-state index is 8.77. The molecule has 0 aliphatic rings. The van der Waals surface area contributed by atoms with Crippen LogP contribution in [0.3, 0.4) is 0 Å². The van der Waals surface area contributed by atoms with E-state index in [2.05, 4.69) is 6.92 Å². The molecule has 0 saturated carbocycles. The molecule has 0 bridgehead atoms. The Bertz CT molecular complexity index is 75.9. The van der Waals surface area contributed by atoms with Crippen molar-refractivity contribution in [1.29, 1.82) is 0 Å². The van der Waals surface area contributed by atoms with Gasteiger partial charge in [0.15, 0.2) is 0 Å². The minimum Gasteiger partial charge on any atom is -0.396 e. The Morgan fingerprint density at radius 1 is 0.917 bits per heavy atom. The molecule has 0 saturated heterocycles. The summed E-state index contributed by atoms with van der Waals surface area (Å²) in [5.74, 6) is 0.627. The van der Waals surface area contributed by atoms with Gasteiger partial charge in [-0.1, -0.05) is 26.2 Å². The molecule has 1 unspecified atom stereocenters. The molecule has 0 rings (SSSR count). The van der Waals surface area contributed by atoms with Gasteiger partial charge in [-0.25, -0.2) is 0 Å². The molecular formula is C10H22O2. The van der Waals surface area contributed by atoms with Gasteiger partial charge in [0, 0.05) is 13.2 Å². The van der Waals surface area contributed by atoms with Crippen LogP contribution in [0.4, 0.5) is 0 Å².